The second-order valence-corrected chi connectivity index (χ2v) is 22.9. The molecule has 16 nitrogen and oxygen atoms in total. The number of methoxy groups -OCH3 is 1. The molecule has 2 aromatic heterocycles. The number of nitrogens with zero attached hydrogens (tertiary/aromatic N) is 8. The topological polar surface area (TPSA) is 178 Å². The first-order valence-electron chi connectivity index (χ1n) is 24.1. The van der Waals surface area contributed by atoms with Gasteiger partial charge in [0.2, 0.25) is 23.7 Å². The van der Waals surface area contributed by atoms with E-state index in [4.69, 9.17) is 14.7 Å². The Hall–Kier alpha value is -5.78. The number of nitrogens with one attached hydrogen (secondary N) is 3. The fourth-order valence-corrected chi connectivity index (χ4v) is 12.1. The molecule has 6 heterocycles. The van der Waals surface area contributed by atoms with E-state index in [0.717, 1.165) is 74.5 Å². The number of piperazine rings is 1. The number of anilines is 6. The summed E-state index contributed by atoms with van der Waals surface area (Å²) in [5.41, 5.74) is 5.82. The zero-order valence-corrected chi connectivity index (χ0v) is 42.6. The van der Waals surface area contributed by atoms with Gasteiger partial charge in [-0.25, -0.2) is 18.7 Å². The molecule has 4 saturated heterocycles. The molecule has 70 heavy (non-hydrogen) atoms. The minimum atomic E-state index is -2.82. The number of carbonyl (C=O) groups excluding carboxylic acids is 3. The molecule has 0 aliphatic carbocycles. The number of hydrogen-bond donors (Lipinski definition) is 3. The summed E-state index contributed by atoms with van der Waals surface area (Å²) < 4.78 is 50.9. The Bertz CT molecular complexity index is 2870. The van der Waals surface area contributed by atoms with Gasteiger partial charge in [0, 0.05) is 100 Å². The van der Waals surface area contributed by atoms with E-state index < -0.39 is 36.5 Å². The minimum absolute atomic E-state index is 0.0252. The van der Waals surface area contributed by atoms with Crippen LogP contribution in [0.3, 0.4) is 0 Å². The molecule has 0 spiro atoms. The lowest BCUT2D eigenvalue weighted by molar-refractivity contribution is -0.137. The monoisotopic (exact) mass is 1040 g/mol. The summed E-state index contributed by atoms with van der Waals surface area (Å²) in [5.74, 6) is -2.56. The number of fused-ring (bicyclic) bond motifs is 1. The van der Waals surface area contributed by atoms with E-state index in [1.165, 1.54) is 12.1 Å². The van der Waals surface area contributed by atoms with Gasteiger partial charge in [-0.3, -0.25) is 29.6 Å². The average molecular weight is 1040 g/mol. The van der Waals surface area contributed by atoms with Crippen LogP contribution in [0.2, 0.25) is 0 Å². The number of hydrogen-bond acceptors (Lipinski definition) is 14. The Balaban J connectivity index is 0.797. The lowest BCUT2D eigenvalue weighted by Gasteiger charge is -2.44. The van der Waals surface area contributed by atoms with E-state index >= 15 is 8.78 Å². The molecule has 4 fully saturated rings. The van der Waals surface area contributed by atoms with Crippen LogP contribution in [0.5, 0.6) is 5.75 Å². The largest absolute Gasteiger partial charge is 0.494 e. The number of piperidine rings is 2. The standard InChI is InChI=1S/C50H59BrF2N11O5P/c1-6-29-22-40(58-50-55-27-35(51)47(60-50)57-39-10-9-38-45(46(39)70(4,5)68)54-26-31(7-2)56-38)42(69-3)25-41(29)62-16-13-32(14-17-62)61-18-20-63(21-19-61)49(67)30-12-15-64(28-30)33-23-36(52)44(37(53)24-33)34-8-11-43(65)59-48(34)66/h9-10,22-27,30,32,34H,6-8,11-21,28H2,1-5H3,(H,59,65,66)(H2,55,57,58,60)/t30-,34-/m1/s1. The summed E-state index contributed by atoms with van der Waals surface area (Å²) in [5, 5.41) is 9.56. The highest BCUT2D eigenvalue weighted by molar-refractivity contribution is 9.10. The Labute approximate surface area is 414 Å². The molecule has 370 valence electrons. The van der Waals surface area contributed by atoms with Gasteiger partial charge in [0.05, 0.1) is 51.3 Å². The Morgan fingerprint density at radius 2 is 1.60 bits per heavy atom. The summed E-state index contributed by atoms with van der Waals surface area (Å²) in [4.78, 5) is 65.2. The number of rotatable bonds is 13. The SMILES string of the molecule is CCc1cnc2c(P(C)(C)=O)c(Nc3nc(Nc4cc(CC)c(N5CCC(N6CCN(C(=O)[C@@H]7CCN(c8cc(F)c([C@H]9CCC(=O)NC9=O)c(F)c8)C7)CC6)CC5)cc4OC)ncc3Br)ccc2n1. The summed E-state index contributed by atoms with van der Waals surface area (Å²) in [6.07, 6.45) is 7.56. The Morgan fingerprint density at radius 1 is 0.871 bits per heavy atom. The maximum absolute atomic E-state index is 15.3. The smallest absolute Gasteiger partial charge is 0.234 e. The van der Waals surface area contributed by atoms with Crippen LogP contribution in [-0.2, 0) is 31.8 Å². The summed E-state index contributed by atoms with van der Waals surface area (Å²) >= 11 is 3.60. The minimum Gasteiger partial charge on any atom is -0.494 e. The highest BCUT2D eigenvalue weighted by Crippen LogP contribution is 2.42. The second kappa shape index (κ2) is 20.5. The summed E-state index contributed by atoms with van der Waals surface area (Å²) in [6, 6.07) is 10.8. The van der Waals surface area contributed by atoms with Gasteiger partial charge in [0.25, 0.3) is 0 Å². The summed E-state index contributed by atoms with van der Waals surface area (Å²) in [6.45, 7) is 13.0. The molecule has 0 radical (unpaired) electrons. The van der Waals surface area contributed by atoms with Crippen molar-refractivity contribution in [2.24, 2.45) is 5.92 Å². The van der Waals surface area contributed by atoms with E-state index in [-0.39, 0.29) is 30.2 Å². The normalized spacial score (nSPS) is 19.5. The lowest BCUT2D eigenvalue weighted by Crippen LogP contribution is -2.55. The molecule has 3 aromatic carbocycles. The van der Waals surface area contributed by atoms with Crippen LogP contribution in [0, 0.1) is 17.6 Å². The predicted molar refractivity (Wildman–Crippen MR) is 272 cm³/mol. The van der Waals surface area contributed by atoms with Crippen molar-refractivity contribution in [1.29, 1.82) is 0 Å². The van der Waals surface area contributed by atoms with Crippen molar-refractivity contribution >= 4 is 91.6 Å². The molecule has 4 aliphatic rings. The molecule has 5 aromatic rings. The Morgan fingerprint density at radius 3 is 2.27 bits per heavy atom. The molecule has 3 N–H and O–H groups in total. The fourth-order valence-electron chi connectivity index (χ4n) is 10.4. The quantitative estimate of drug-likeness (QED) is 0.0781. The number of halogens is 3. The van der Waals surface area contributed by atoms with Gasteiger partial charge < -0.3 is 34.6 Å². The van der Waals surface area contributed by atoms with Crippen LogP contribution in [0.1, 0.15) is 68.7 Å². The van der Waals surface area contributed by atoms with Gasteiger partial charge in [-0.05, 0) is 104 Å². The molecule has 0 unspecified atom stereocenters. The van der Waals surface area contributed by atoms with Crippen molar-refractivity contribution < 1.29 is 32.5 Å². The van der Waals surface area contributed by atoms with E-state index in [9.17, 15) is 18.9 Å². The van der Waals surface area contributed by atoms with Crippen molar-refractivity contribution in [3.05, 3.63) is 81.7 Å². The van der Waals surface area contributed by atoms with Crippen LogP contribution < -0.4 is 35.8 Å². The summed E-state index contributed by atoms with van der Waals surface area (Å²) in [7, 11) is -1.17. The van der Waals surface area contributed by atoms with E-state index in [1.54, 1.807) is 32.8 Å². The highest BCUT2D eigenvalue weighted by atomic mass is 79.9. The van der Waals surface area contributed by atoms with Crippen molar-refractivity contribution in [2.75, 3.05) is 93.2 Å². The van der Waals surface area contributed by atoms with Crippen LogP contribution in [-0.4, -0.2) is 126 Å². The molecule has 3 amide bonds. The molecule has 0 saturated carbocycles. The van der Waals surface area contributed by atoms with Gasteiger partial charge in [0.15, 0.2) is 0 Å². The number of benzene rings is 3. The first-order valence-corrected chi connectivity index (χ1v) is 27.5. The zero-order chi connectivity index (χ0) is 49.4. The number of aromatic nitrogens is 4. The number of ether oxygens (including phenoxy) is 1. The van der Waals surface area contributed by atoms with Crippen LogP contribution >= 0.6 is 23.1 Å². The van der Waals surface area contributed by atoms with Gasteiger partial charge >= 0.3 is 0 Å². The third kappa shape index (κ3) is 10.2. The van der Waals surface area contributed by atoms with Crippen molar-refractivity contribution in [3.63, 3.8) is 0 Å². The first kappa shape index (κ1) is 49.2. The third-order valence-corrected chi connectivity index (χ3v) is 16.3. The van der Waals surface area contributed by atoms with Crippen LogP contribution in [0.4, 0.5) is 43.3 Å². The van der Waals surface area contributed by atoms with Crippen molar-refractivity contribution in [3.8, 4) is 5.75 Å². The number of aryl methyl sites for hydroxylation is 2. The third-order valence-electron chi connectivity index (χ3n) is 14.2. The molecule has 0 bridgehead atoms. The molecular weight excluding hydrogens is 983 g/mol. The van der Waals surface area contributed by atoms with Crippen molar-refractivity contribution in [1.82, 2.24) is 35.1 Å². The molecule has 4 aliphatic heterocycles. The van der Waals surface area contributed by atoms with Gasteiger partial charge in [-0.1, -0.05) is 13.8 Å². The number of imide groups is 1. The molecule has 2 atom stereocenters. The zero-order valence-electron chi connectivity index (χ0n) is 40.2. The van der Waals surface area contributed by atoms with Crippen LogP contribution in [0.15, 0.2) is 53.3 Å². The Kier molecular flexibility index (Phi) is 14.4. The molecule has 9 rings (SSSR count). The van der Waals surface area contributed by atoms with E-state index in [1.807, 2.05) is 28.9 Å². The first-order chi connectivity index (χ1) is 33.6. The van der Waals surface area contributed by atoms with Crippen molar-refractivity contribution in [2.45, 2.75) is 70.8 Å². The fraction of sp³-hybridized carbons (Fsp3) is 0.460. The lowest BCUT2D eigenvalue weighted by atomic mass is 9.89. The van der Waals surface area contributed by atoms with E-state index in [0.29, 0.717) is 88.3 Å². The number of carbonyl (C=O) groups is 3. The maximum atomic E-state index is 15.3. The van der Waals surface area contributed by atoms with Gasteiger partial charge in [-0.2, -0.15) is 4.98 Å². The van der Waals surface area contributed by atoms with Crippen LogP contribution in [0.25, 0.3) is 11.0 Å². The van der Waals surface area contributed by atoms with Gasteiger partial charge in [0.1, 0.15) is 35.9 Å². The maximum Gasteiger partial charge on any atom is 0.234 e. The average Bonchev–Trinajstić information content (AvgIpc) is 3.85. The highest BCUT2D eigenvalue weighted by Gasteiger charge is 2.37. The molecule has 20 heteroatoms. The predicted octanol–water partition coefficient (Wildman–Crippen LogP) is 7.49. The molecular formula is C50H59BrF2N11O5P. The number of amides is 3. The second-order valence-electron chi connectivity index (χ2n) is 18.9. The van der Waals surface area contributed by atoms with Gasteiger partial charge in [-0.15, -0.1) is 0 Å². The van der Waals surface area contributed by atoms with E-state index in [2.05, 4.69) is 70.7 Å².